The molecule has 0 bridgehead atoms. The first kappa shape index (κ1) is 11.4. The van der Waals surface area contributed by atoms with Crippen molar-refractivity contribution in [2.75, 3.05) is 26.3 Å². The molecular weight excluding hydrogens is 208 g/mol. The molecule has 5 heteroatoms. The molecule has 90 valence electrons. The van der Waals surface area contributed by atoms with Crippen LogP contribution in [0.1, 0.15) is 19.8 Å². The van der Waals surface area contributed by atoms with Gasteiger partial charge in [0.15, 0.2) is 0 Å². The first-order valence-electron chi connectivity index (χ1n) is 5.83. The summed E-state index contributed by atoms with van der Waals surface area (Å²) in [6.07, 6.45) is 1.14. The molecule has 5 nitrogen and oxygen atoms in total. The molecule has 2 saturated heterocycles. The number of ether oxygens (including phenoxy) is 1. The third-order valence-corrected chi connectivity index (χ3v) is 3.27. The number of amides is 2. The van der Waals surface area contributed by atoms with E-state index in [9.17, 15) is 9.59 Å². The monoisotopic (exact) mass is 226 g/mol. The van der Waals surface area contributed by atoms with E-state index in [1.54, 1.807) is 0 Å². The summed E-state index contributed by atoms with van der Waals surface area (Å²) in [5, 5.41) is 2.75. The lowest BCUT2D eigenvalue weighted by Gasteiger charge is -2.36. The number of nitrogens with one attached hydrogen (secondary N) is 1. The van der Waals surface area contributed by atoms with E-state index in [1.807, 2.05) is 11.8 Å². The van der Waals surface area contributed by atoms with Crippen LogP contribution in [0.3, 0.4) is 0 Å². The highest BCUT2D eigenvalue weighted by Crippen LogP contribution is 2.17. The van der Waals surface area contributed by atoms with Crippen molar-refractivity contribution in [1.29, 1.82) is 0 Å². The van der Waals surface area contributed by atoms with Crippen LogP contribution in [0.25, 0.3) is 0 Å². The summed E-state index contributed by atoms with van der Waals surface area (Å²) in [5.41, 5.74) is 0. The van der Waals surface area contributed by atoms with Gasteiger partial charge in [-0.3, -0.25) is 9.59 Å². The van der Waals surface area contributed by atoms with E-state index in [0.29, 0.717) is 39.1 Å². The Morgan fingerprint density at radius 2 is 2.38 bits per heavy atom. The zero-order valence-corrected chi connectivity index (χ0v) is 9.57. The van der Waals surface area contributed by atoms with Gasteiger partial charge in [0.25, 0.3) is 0 Å². The van der Waals surface area contributed by atoms with Crippen molar-refractivity contribution in [1.82, 2.24) is 10.2 Å². The van der Waals surface area contributed by atoms with E-state index in [4.69, 9.17) is 4.74 Å². The van der Waals surface area contributed by atoms with Gasteiger partial charge in [0.05, 0.1) is 25.2 Å². The summed E-state index contributed by atoms with van der Waals surface area (Å²) in [7, 11) is 0. The van der Waals surface area contributed by atoms with Gasteiger partial charge < -0.3 is 15.0 Å². The van der Waals surface area contributed by atoms with E-state index in [2.05, 4.69) is 5.32 Å². The number of hydrogen-bond donors (Lipinski definition) is 1. The van der Waals surface area contributed by atoms with Crippen molar-refractivity contribution in [2.24, 2.45) is 5.92 Å². The molecule has 0 aromatic carbocycles. The van der Waals surface area contributed by atoms with Crippen molar-refractivity contribution in [3.63, 3.8) is 0 Å². The molecule has 0 radical (unpaired) electrons. The van der Waals surface area contributed by atoms with Gasteiger partial charge >= 0.3 is 0 Å². The molecular formula is C11H18N2O3. The molecule has 2 aliphatic heterocycles. The molecule has 0 saturated carbocycles. The minimum absolute atomic E-state index is 0.0433. The fourth-order valence-corrected chi connectivity index (χ4v) is 2.23. The largest absolute Gasteiger partial charge is 0.377 e. The Kier molecular flexibility index (Phi) is 3.43. The van der Waals surface area contributed by atoms with E-state index < -0.39 is 0 Å². The third kappa shape index (κ3) is 2.35. The minimum atomic E-state index is -0.0433. The summed E-state index contributed by atoms with van der Waals surface area (Å²) in [4.78, 5) is 25.1. The molecule has 2 heterocycles. The van der Waals surface area contributed by atoms with Crippen LogP contribution in [-0.2, 0) is 14.3 Å². The lowest BCUT2D eigenvalue weighted by atomic mass is 9.97. The molecule has 2 atom stereocenters. The van der Waals surface area contributed by atoms with Gasteiger partial charge in [0.2, 0.25) is 11.8 Å². The van der Waals surface area contributed by atoms with E-state index in [-0.39, 0.29) is 23.8 Å². The number of nitrogens with zero attached hydrogens (tertiary/aromatic N) is 1. The van der Waals surface area contributed by atoms with Crippen molar-refractivity contribution in [3.8, 4) is 0 Å². The normalized spacial score (nSPS) is 31.1. The number of hydrogen-bond acceptors (Lipinski definition) is 3. The number of carbonyl (C=O) groups is 2. The molecule has 0 aromatic heterocycles. The minimum Gasteiger partial charge on any atom is -0.377 e. The van der Waals surface area contributed by atoms with Gasteiger partial charge in [-0.15, -0.1) is 0 Å². The fourth-order valence-electron chi connectivity index (χ4n) is 2.23. The van der Waals surface area contributed by atoms with Gasteiger partial charge in [-0.1, -0.05) is 0 Å². The maximum Gasteiger partial charge on any atom is 0.227 e. The Hall–Kier alpha value is -1.10. The highest BCUT2D eigenvalue weighted by molar-refractivity contribution is 5.84. The van der Waals surface area contributed by atoms with Crippen molar-refractivity contribution < 1.29 is 14.3 Å². The average Bonchev–Trinajstić information content (AvgIpc) is 2.30. The van der Waals surface area contributed by atoms with Gasteiger partial charge in [-0.05, 0) is 13.3 Å². The fraction of sp³-hybridized carbons (Fsp3) is 0.818. The Bertz CT molecular complexity index is 283. The Morgan fingerprint density at radius 3 is 3.00 bits per heavy atom. The van der Waals surface area contributed by atoms with Gasteiger partial charge in [0, 0.05) is 19.5 Å². The first-order valence-corrected chi connectivity index (χ1v) is 5.83. The van der Waals surface area contributed by atoms with Crippen molar-refractivity contribution in [3.05, 3.63) is 0 Å². The Morgan fingerprint density at radius 1 is 1.56 bits per heavy atom. The highest BCUT2D eigenvalue weighted by Gasteiger charge is 2.31. The maximum absolute atomic E-state index is 12.2. The molecule has 0 aromatic rings. The van der Waals surface area contributed by atoms with E-state index >= 15 is 0 Å². The summed E-state index contributed by atoms with van der Waals surface area (Å²) < 4.78 is 5.30. The summed E-state index contributed by atoms with van der Waals surface area (Å²) >= 11 is 0. The molecule has 1 unspecified atom stereocenters. The number of rotatable bonds is 1. The predicted octanol–water partition coefficient (Wildman–Crippen LogP) is -0.240. The van der Waals surface area contributed by atoms with Crippen LogP contribution in [0.4, 0.5) is 0 Å². The second-order valence-electron chi connectivity index (χ2n) is 4.50. The number of carbonyl (C=O) groups excluding carboxylic acids is 2. The zero-order valence-electron chi connectivity index (χ0n) is 9.57. The summed E-state index contributed by atoms with van der Waals surface area (Å²) in [6.45, 7) is 4.39. The molecule has 1 N–H and O–H groups in total. The van der Waals surface area contributed by atoms with Crippen LogP contribution in [0.15, 0.2) is 0 Å². The first-order chi connectivity index (χ1) is 7.68. The molecule has 2 fully saturated rings. The van der Waals surface area contributed by atoms with Crippen LogP contribution in [0.2, 0.25) is 0 Å². The topological polar surface area (TPSA) is 58.6 Å². The van der Waals surface area contributed by atoms with E-state index in [0.717, 1.165) is 0 Å². The van der Waals surface area contributed by atoms with Crippen LogP contribution >= 0.6 is 0 Å². The van der Waals surface area contributed by atoms with E-state index in [1.165, 1.54) is 0 Å². The zero-order chi connectivity index (χ0) is 11.5. The second kappa shape index (κ2) is 4.82. The van der Waals surface area contributed by atoms with Crippen molar-refractivity contribution in [2.45, 2.75) is 25.8 Å². The Balaban J connectivity index is 1.93. The molecule has 0 aliphatic carbocycles. The van der Waals surface area contributed by atoms with Gasteiger partial charge in [-0.25, -0.2) is 0 Å². The van der Waals surface area contributed by atoms with Crippen LogP contribution in [-0.4, -0.2) is 49.1 Å². The predicted molar refractivity (Wildman–Crippen MR) is 57.7 cm³/mol. The van der Waals surface area contributed by atoms with Crippen LogP contribution in [0, 0.1) is 5.92 Å². The molecule has 16 heavy (non-hydrogen) atoms. The summed E-state index contributed by atoms with van der Waals surface area (Å²) in [6, 6.07) is 0.152. The summed E-state index contributed by atoms with van der Waals surface area (Å²) in [5.74, 6) is 0.174. The highest BCUT2D eigenvalue weighted by atomic mass is 16.5. The average molecular weight is 226 g/mol. The number of morpholine rings is 1. The molecule has 2 aliphatic rings. The maximum atomic E-state index is 12.2. The lowest BCUT2D eigenvalue weighted by Crippen LogP contribution is -2.52. The third-order valence-electron chi connectivity index (χ3n) is 3.27. The standard InChI is InChI=1S/C11H18N2O3/c1-8-7-16-5-4-13(8)11(15)9-2-3-10(14)12-6-9/h8-9H,2-7H2,1H3,(H,12,14)/t8-,9?/m1/s1. The quantitative estimate of drug-likeness (QED) is 0.671. The van der Waals surface area contributed by atoms with Crippen LogP contribution in [0.5, 0.6) is 0 Å². The van der Waals surface area contributed by atoms with Crippen LogP contribution < -0.4 is 5.32 Å². The molecule has 2 amide bonds. The lowest BCUT2D eigenvalue weighted by molar-refractivity contribution is -0.144. The van der Waals surface area contributed by atoms with Gasteiger partial charge in [0.1, 0.15) is 0 Å². The second-order valence-corrected chi connectivity index (χ2v) is 4.50. The number of piperidine rings is 1. The smallest absolute Gasteiger partial charge is 0.227 e. The van der Waals surface area contributed by atoms with Crippen molar-refractivity contribution >= 4 is 11.8 Å². The SMILES string of the molecule is C[C@@H]1COCCN1C(=O)C1CCC(=O)NC1. The molecule has 2 rings (SSSR count). The van der Waals surface area contributed by atoms with Gasteiger partial charge in [-0.2, -0.15) is 0 Å². The molecule has 0 spiro atoms. The Labute approximate surface area is 95.1 Å².